The highest BCUT2D eigenvalue weighted by molar-refractivity contribution is 14.1. The van der Waals surface area contributed by atoms with Gasteiger partial charge in [-0.05, 0) is 19.5 Å². The lowest BCUT2D eigenvalue weighted by atomic mass is 10.1. The van der Waals surface area contributed by atoms with E-state index in [0.717, 1.165) is 17.2 Å². The molecule has 0 bridgehead atoms. The lowest BCUT2D eigenvalue weighted by Gasteiger charge is -2.28. The molecule has 0 radical (unpaired) electrons. The second kappa shape index (κ2) is 4.08. The predicted octanol–water partition coefficient (Wildman–Crippen LogP) is 1.57. The Morgan fingerprint density at radius 2 is 2.55 bits per heavy atom. The summed E-state index contributed by atoms with van der Waals surface area (Å²) < 4.78 is 3.08. The van der Waals surface area contributed by atoms with Gasteiger partial charge >= 0.3 is 0 Å². The molecule has 1 rings (SSSR count). The van der Waals surface area contributed by atoms with Crippen LogP contribution in [0.1, 0.15) is 6.42 Å². The van der Waals surface area contributed by atoms with E-state index in [1.54, 1.807) is 0 Å². The van der Waals surface area contributed by atoms with Gasteiger partial charge in [0, 0.05) is 34.6 Å². The second-order valence-electron chi connectivity index (χ2n) is 2.44. The molecular formula is C7H10IN2O-. The van der Waals surface area contributed by atoms with Crippen LogP contribution in [0, 0.1) is 5.21 Å². The van der Waals surface area contributed by atoms with Crippen LogP contribution in [0.2, 0.25) is 0 Å². The van der Waals surface area contributed by atoms with Gasteiger partial charge in [0.15, 0.2) is 0 Å². The molecule has 0 aromatic rings. The highest BCUT2D eigenvalue weighted by Crippen LogP contribution is 2.12. The van der Waals surface area contributed by atoms with E-state index in [0.29, 0.717) is 6.04 Å². The van der Waals surface area contributed by atoms with Crippen molar-refractivity contribution < 1.29 is 0 Å². The number of rotatable bonds is 2. The second-order valence-corrected chi connectivity index (χ2v) is 3.06. The molecule has 1 unspecified atom stereocenters. The van der Waals surface area contributed by atoms with Crippen LogP contribution in [-0.2, 0) is 0 Å². The fraction of sp³-hybridized carbons (Fsp3) is 0.429. The maximum absolute atomic E-state index is 10.8. The van der Waals surface area contributed by atoms with Crippen molar-refractivity contribution >= 4 is 22.9 Å². The third kappa shape index (κ3) is 2.46. The third-order valence-corrected chi connectivity index (χ3v) is 2.38. The summed E-state index contributed by atoms with van der Waals surface area (Å²) in [7, 11) is 1.51. The SMILES string of the molecule is CN([O-])C1=CCC(NI)C=C1. The Kier molecular flexibility index (Phi) is 3.35. The lowest BCUT2D eigenvalue weighted by molar-refractivity contribution is 0.578. The van der Waals surface area contributed by atoms with Crippen LogP contribution in [0.25, 0.3) is 0 Å². The van der Waals surface area contributed by atoms with Gasteiger partial charge in [-0.3, -0.25) is 3.53 Å². The van der Waals surface area contributed by atoms with E-state index in [1.165, 1.54) is 7.05 Å². The molecule has 0 aliphatic heterocycles. The van der Waals surface area contributed by atoms with Crippen molar-refractivity contribution in [1.29, 1.82) is 0 Å². The van der Waals surface area contributed by atoms with Crippen LogP contribution >= 0.6 is 22.9 Å². The first kappa shape index (κ1) is 9.02. The average Bonchev–Trinajstić information content (AvgIpc) is 2.05. The first-order valence-electron chi connectivity index (χ1n) is 3.39. The maximum atomic E-state index is 10.8. The number of hydroxylamine groups is 2. The highest BCUT2D eigenvalue weighted by atomic mass is 127. The minimum absolute atomic E-state index is 0.374. The van der Waals surface area contributed by atoms with E-state index in [1.807, 2.05) is 18.2 Å². The first-order valence-corrected chi connectivity index (χ1v) is 4.47. The minimum atomic E-state index is 0.374. The zero-order valence-electron chi connectivity index (χ0n) is 6.25. The van der Waals surface area contributed by atoms with Gasteiger partial charge in [0.2, 0.25) is 0 Å². The third-order valence-electron chi connectivity index (χ3n) is 1.58. The molecule has 0 aromatic heterocycles. The van der Waals surface area contributed by atoms with Gasteiger partial charge in [0.25, 0.3) is 0 Å². The molecule has 62 valence electrons. The Labute approximate surface area is 80.2 Å². The van der Waals surface area contributed by atoms with Gasteiger partial charge in [-0.1, -0.05) is 12.2 Å². The van der Waals surface area contributed by atoms with Crippen LogP contribution in [0.15, 0.2) is 23.9 Å². The van der Waals surface area contributed by atoms with Gasteiger partial charge in [-0.25, -0.2) is 0 Å². The van der Waals surface area contributed by atoms with Crippen molar-refractivity contribution in [2.24, 2.45) is 0 Å². The zero-order valence-corrected chi connectivity index (χ0v) is 8.41. The van der Waals surface area contributed by atoms with Crippen molar-refractivity contribution in [2.45, 2.75) is 12.5 Å². The molecule has 0 fully saturated rings. The Bertz CT molecular complexity index is 189. The average molecular weight is 265 g/mol. The van der Waals surface area contributed by atoms with Gasteiger partial charge in [0.1, 0.15) is 0 Å². The summed E-state index contributed by atoms with van der Waals surface area (Å²) in [6, 6.07) is 0.374. The Morgan fingerprint density at radius 1 is 1.82 bits per heavy atom. The summed E-state index contributed by atoms with van der Waals surface area (Å²) in [4.78, 5) is 0. The Hall–Kier alpha value is -0.0700. The molecular weight excluding hydrogens is 255 g/mol. The van der Waals surface area contributed by atoms with Crippen molar-refractivity contribution in [1.82, 2.24) is 8.59 Å². The topological polar surface area (TPSA) is 38.3 Å². The van der Waals surface area contributed by atoms with Crippen molar-refractivity contribution in [3.63, 3.8) is 0 Å². The van der Waals surface area contributed by atoms with E-state index in [9.17, 15) is 5.21 Å². The minimum Gasteiger partial charge on any atom is -0.758 e. The molecule has 11 heavy (non-hydrogen) atoms. The number of hydrogen-bond donors (Lipinski definition) is 1. The maximum Gasteiger partial charge on any atom is 0.0382 e. The molecule has 1 aliphatic rings. The normalized spacial score (nSPS) is 23.2. The van der Waals surface area contributed by atoms with Gasteiger partial charge in [-0.2, -0.15) is 0 Å². The van der Waals surface area contributed by atoms with Crippen LogP contribution in [0.5, 0.6) is 0 Å². The van der Waals surface area contributed by atoms with E-state index in [-0.39, 0.29) is 0 Å². The highest BCUT2D eigenvalue weighted by Gasteiger charge is 2.05. The van der Waals surface area contributed by atoms with Crippen LogP contribution in [0.3, 0.4) is 0 Å². The molecule has 0 saturated heterocycles. The number of nitrogens with zero attached hydrogens (tertiary/aromatic N) is 1. The molecule has 0 spiro atoms. The molecule has 1 N–H and O–H groups in total. The van der Waals surface area contributed by atoms with E-state index < -0.39 is 0 Å². The van der Waals surface area contributed by atoms with E-state index in [2.05, 4.69) is 26.4 Å². The monoisotopic (exact) mass is 265 g/mol. The number of likely N-dealkylation sites (N-methyl/N-ethyl adjacent to an activating group) is 1. The summed E-state index contributed by atoms with van der Waals surface area (Å²) in [5.74, 6) is 0. The fourth-order valence-corrected chi connectivity index (χ4v) is 1.39. The quantitative estimate of drug-likeness (QED) is 0.468. The molecule has 0 amide bonds. The molecule has 0 aromatic carbocycles. The van der Waals surface area contributed by atoms with Gasteiger partial charge in [-0.15, -0.1) is 0 Å². The zero-order chi connectivity index (χ0) is 8.27. The first-order chi connectivity index (χ1) is 5.24. The van der Waals surface area contributed by atoms with E-state index in [4.69, 9.17) is 0 Å². The summed E-state index contributed by atoms with van der Waals surface area (Å²) in [6.07, 6.45) is 6.66. The largest absolute Gasteiger partial charge is 0.758 e. The molecule has 1 atom stereocenters. The smallest absolute Gasteiger partial charge is 0.0382 e. The number of nitrogens with one attached hydrogen (secondary N) is 1. The standard InChI is InChI=1S/C7H10IN2O/c1-10(11)7-4-2-6(9-8)3-5-7/h2,4-6,9H,3H2,1H3/q-1. The molecule has 3 nitrogen and oxygen atoms in total. The number of halogens is 1. The Balaban J connectivity index is 2.53. The number of allylic oxidation sites excluding steroid dienone is 1. The predicted molar refractivity (Wildman–Crippen MR) is 53.9 cm³/mol. The summed E-state index contributed by atoms with van der Waals surface area (Å²) in [6.45, 7) is 0. The van der Waals surface area contributed by atoms with Crippen LogP contribution in [-0.4, -0.2) is 18.2 Å². The van der Waals surface area contributed by atoms with Crippen molar-refractivity contribution in [3.8, 4) is 0 Å². The van der Waals surface area contributed by atoms with Crippen molar-refractivity contribution in [2.75, 3.05) is 7.05 Å². The van der Waals surface area contributed by atoms with Gasteiger partial charge in [0.05, 0.1) is 0 Å². The molecule has 1 aliphatic carbocycles. The molecule has 0 heterocycles. The summed E-state index contributed by atoms with van der Waals surface area (Å²) in [5.41, 5.74) is 0.743. The summed E-state index contributed by atoms with van der Waals surface area (Å²) >= 11 is 2.11. The fourth-order valence-electron chi connectivity index (χ4n) is 0.923. The molecule has 0 saturated carbocycles. The van der Waals surface area contributed by atoms with Crippen LogP contribution in [0.4, 0.5) is 0 Å². The summed E-state index contributed by atoms with van der Waals surface area (Å²) in [5, 5.41) is 11.6. The van der Waals surface area contributed by atoms with E-state index >= 15 is 0 Å². The Morgan fingerprint density at radius 3 is 2.91 bits per heavy atom. The number of hydrogen-bond acceptors (Lipinski definition) is 3. The van der Waals surface area contributed by atoms with Crippen LogP contribution < -0.4 is 3.53 Å². The van der Waals surface area contributed by atoms with Gasteiger partial charge < -0.3 is 10.3 Å². The molecule has 4 heteroatoms. The van der Waals surface area contributed by atoms with Crippen molar-refractivity contribution in [3.05, 3.63) is 29.1 Å². The lowest BCUT2D eigenvalue weighted by Crippen LogP contribution is -2.20.